The first-order valence-electron chi connectivity index (χ1n) is 8.67. The smallest absolute Gasteiger partial charge is 0.305 e. The van der Waals surface area contributed by atoms with Gasteiger partial charge in [-0.25, -0.2) is 0 Å². The summed E-state index contributed by atoms with van der Waals surface area (Å²) in [6.07, 6.45) is 1.48. The zero-order chi connectivity index (χ0) is 17.8. The molecule has 134 valence electrons. The van der Waals surface area contributed by atoms with E-state index in [2.05, 4.69) is 0 Å². The molecule has 0 amide bonds. The van der Waals surface area contributed by atoms with E-state index in [1.807, 2.05) is 41.5 Å². The Labute approximate surface area is 140 Å². The monoisotopic (exact) mass is 328 g/mol. The Kier molecular flexibility index (Phi) is 7.21. The maximum atomic E-state index is 11.7. The van der Waals surface area contributed by atoms with Crippen LogP contribution in [0.3, 0.4) is 0 Å². The minimum Gasteiger partial charge on any atom is -0.462 e. The molecule has 0 aliphatic carbocycles. The number of hydrogen-bond acceptors (Lipinski definition) is 5. The summed E-state index contributed by atoms with van der Waals surface area (Å²) in [7, 11) is 0. The van der Waals surface area contributed by atoms with E-state index in [0.717, 1.165) is 12.7 Å². The van der Waals surface area contributed by atoms with Crippen molar-refractivity contribution in [2.24, 2.45) is 17.8 Å². The summed E-state index contributed by atoms with van der Waals surface area (Å²) in [5.41, 5.74) is 0. The summed E-state index contributed by atoms with van der Waals surface area (Å²) in [5, 5.41) is 0. The van der Waals surface area contributed by atoms with Crippen LogP contribution in [0.25, 0.3) is 0 Å². The lowest BCUT2D eigenvalue weighted by Crippen LogP contribution is -2.56. The van der Waals surface area contributed by atoms with Gasteiger partial charge >= 0.3 is 5.97 Å². The molecule has 0 N–H and O–H groups in total. The first-order valence-corrected chi connectivity index (χ1v) is 8.67. The molecule has 23 heavy (non-hydrogen) atoms. The highest BCUT2D eigenvalue weighted by Gasteiger charge is 2.46. The minimum atomic E-state index is -0.763. The second-order valence-electron chi connectivity index (χ2n) is 7.07. The van der Waals surface area contributed by atoms with E-state index in [1.165, 1.54) is 0 Å². The predicted octanol–water partition coefficient (Wildman–Crippen LogP) is 3.35. The third-order valence-electron chi connectivity index (χ3n) is 4.69. The number of hydrogen-bond donors (Lipinski definition) is 0. The second kappa shape index (κ2) is 8.25. The number of esters is 1. The van der Waals surface area contributed by atoms with Gasteiger partial charge in [-0.05, 0) is 20.3 Å². The number of rotatable bonds is 7. The van der Waals surface area contributed by atoms with Gasteiger partial charge in [-0.1, -0.05) is 34.6 Å². The number of carbonyl (C=O) groups excluding carboxylic acids is 2. The van der Waals surface area contributed by atoms with Crippen LogP contribution in [-0.2, 0) is 23.8 Å². The molecule has 1 aliphatic heterocycles. The third-order valence-corrected chi connectivity index (χ3v) is 4.69. The maximum absolute atomic E-state index is 11.7. The molecule has 0 radical (unpaired) electrons. The lowest BCUT2D eigenvalue weighted by molar-refractivity contribution is -0.335. The van der Waals surface area contributed by atoms with E-state index in [4.69, 9.17) is 14.2 Å². The summed E-state index contributed by atoms with van der Waals surface area (Å²) in [6, 6.07) is 0. The highest BCUT2D eigenvalue weighted by molar-refractivity contribution is 5.69. The lowest BCUT2D eigenvalue weighted by atomic mass is 9.80. The molecule has 1 fully saturated rings. The highest BCUT2D eigenvalue weighted by Crippen LogP contribution is 2.38. The van der Waals surface area contributed by atoms with Crippen molar-refractivity contribution in [1.29, 1.82) is 0 Å². The van der Waals surface area contributed by atoms with Crippen LogP contribution in [0.1, 0.15) is 61.3 Å². The number of ether oxygens (including phenoxy) is 3. The first-order chi connectivity index (χ1) is 10.7. The van der Waals surface area contributed by atoms with Crippen LogP contribution < -0.4 is 0 Å². The van der Waals surface area contributed by atoms with Gasteiger partial charge in [0.2, 0.25) is 0 Å². The molecular formula is C18H32O5. The van der Waals surface area contributed by atoms with Crippen molar-refractivity contribution in [1.82, 2.24) is 0 Å². The summed E-state index contributed by atoms with van der Waals surface area (Å²) in [6.45, 7) is 13.5. The second-order valence-corrected chi connectivity index (χ2v) is 7.07. The van der Waals surface area contributed by atoms with E-state index in [9.17, 15) is 9.59 Å². The average Bonchev–Trinajstić information content (AvgIpc) is 2.52. The zero-order valence-corrected chi connectivity index (χ0v) is 15.5. The number of aldehydes is 1. The van der Waals surface area contributed by atoms with Crippen molar-refractivity contribution in [3.63, 3.8) is 0 Å². The van der Waals surface area contributed by atoms with Gasteiger partial charge in [0.05, 0.1) is 12.2 Å². The van der Waals surface area contributed by atoms with Gasteiger partial charge in [-0.15, -0.1) is 0 Å². The molecule has 5 nitrogen and oxygen atoms in total. The molecule has 0 spiro atoms. The van der Waals surface area contributed by atoms with Gasteiger partial charge in [0.15, 0.2) is 5.79 Å². The van der Waals surface area contributed by atoms with E-state index in [1.54, 1.807) is 6.92 Å². The van der Waals surface area contributed by atoms with E-state index in [-0.39, 0.29) is 42.0 Å². The third kappa shape index (κ3) is 5.01. The molecular weight excluding hydrogens is 296 g/mol. The van der Waals surface area contributed by atoms with Crippen molar-refractivity contribution < 1.29 is 23.8 Å². The Morgan fingerprint density at radius 2 is 1.78 bits per heavy atom. The molecule has 5 heteroatoms. The molecule has 0 bridgehead atoms. The zero-order valence-electron chi connectivity index (χ0n) is 15.5. The fraction of sp³-hybridized carbons (Fsp3) is 0.889. The molecule has 1 rings (SSSR count). The summed E-state index contributed by atoms with van der Waals surface area (Å²) < 4.78 is 17.7. The highest BCUT2D eigenvalue weighted by atomic mass is 16.7. The fourth-order valence-corrected chi connectivity index (χ4v) is 3.36. The summed E-state index contributed by atoms with van der Waals surface area (Å²) in [5.74, 6) is -1.11. The van der Waals surface area contributed by atoms with Crippen molar-refractivity contribution >= 4 is 12.3 Å². The topological polar surface area (TPSA) is 61.8 Å². The van der Waals surface area contributed by atoms with Gasteiger partial charge in [-0.3, -0.25) is 4.79 Å². The fourth-order valence-electron chi connectivity index (χ4n) is 3.36. The Morgan fingerprint density at radius 1 is 1.22 bits per heavy atom. The molecule has 0 unspecified atom stereocenters. The Balaban J connectivity index is 2.97. The standard InChI is InChI=1S/C18H32O5/c1-8-14(21-15(20)9-2)12(4)17-13(5)16(11(3)10-19)22-18(6,7)23-17/h10-14,16-17H,8-9H2,1-7H3/t11-,12+,13+,14+,16+,17-/m0/s1. The van der Waals surface area contributed by atoms with Crippen molar-refractivity contribution in [2.45, 2.75) is 85.4 Å². The minimum absolute atomic E-state index is 0.0232. The van der Waals surface area contributed by atoms with E-state index in [0.29, 0.717) is 6.42 Å². The SMILES string of the molecule is CCC(=O)O[C@H](CC)[C@@H](C)[C@@H]1OC(C)(C)O[C@H]([C@@H](C)C=O)[C@H]1C. The molecule has 6 atom stereocenters. The van der Waals surface area contributed by atoms with Gasteiger partial charge in [-0.2, -0.15) is 0 Å². The van der Waals surface area contributed by atoms with E-state index >= 15 is 0 Å². The molecule has 0 saturated carbocycles. The van der Waals surface area contributed by atoms with Crippen LogP contribution in [0.15, 0.2) is 0 Å². The molecule has 1 saturated heterocycles. The lowest BCUT2D eigenvalue weighted by Gasteiger charge is -2.49. The molecule has 0 aromatic rings. The van der Waals surface area contributed by atoms with Crippen LogP contribution in [0.5, 0.6) is 0 Å². The largest absolute Gasteiger partial charge is 0.462 e. The first kappa shape index (κ1) is 20.1. The van der Waals surface area contributed by atoms with Crippen LogP contribution in [-0.4, -0.2) is 36.4 Å². The predicted molar refractivity (Wildman–Crippen MR) is 87.8 cm³/mol. The normalized spacial score (nSPS) is 31.0. The number of carbonyl (C=O) groups is 2. The molecule has 0 aromatic heterocycles. The van der Waals surface area contributed by atoms with Gasteiger partial charge < -0.3 is 19.0 Å². The van der Waals surface area contributed by atoms with E-state index < -0.39 is 5.79 Å². The average molecular weight is 328 g/mol. The summed E-state index contributed by atoms with van der Waals surface area (Å²) in [4.78, 5) is 22.9. The van der Waals surface area contributed by atoms with Gasteiger partial charge in [0.25, 0.3) is 0 Å². The maximum Gasteiger partial charge on any atom is 0.305 e. The van der Waals surface area contributed by atoms with Gasteiger partial charge in [0, 0.05) is 24.2 Å². The molecule has 1 aliphatic rings. The van der Waals surface area contributed by atoms with Crippen LogP contribution >= 0.6 is 0 Å². The summed E-state index contributed by atoms with van der Waals surface area (Å²) >= 11 is 0. The Morgan fingerprint density at radius 3 is 2.26 bits per heavy atom. The Bertz CT molecular complexity index is 406. The van der Waals surface area contributed by atoms with Crippen LogP contribution in [0, 0.1) is 17.8 Å². The van der Waals surface area contributed by atoms with Gasteiger partial charge in [0.1, 0.15) is 12.4 Å². The quantitative estimate of drug-likeness (QED) is 0.530. The van der Waals surface area contributed by atoms with Crippen molar-refractivity contribution in [3.8, 4) is 0 Å². The molecule has 1 heterocycles. The van der Waals surface area contributed by atoms with Crippen LogP contribution in [0.4, 0.5) is 0 Å². The van der Waals surface area contributed by atoms with Crippen molar-refractivity contribution in [2.75, 3.05) is 0 Å². The van der Waals surface area contributed by atoms with Crippen LogP contribution in [0.2, 0.25) is 0 Å². The van der Waals surface area contributed by atoms with Crippen molar-refractivity contribution in [3.05, 3.63) is 0 Å². The molecule has 0 aromatic carbocycles. The Hall–Kier alpha value is -0.940.